The summed E-state index contributed by atoms with van der Waals surface area (Å²) >= 11 is 0. The summed E-state index contributed by atoms with van der Waals surface area (Å²) in [6, 6.07) is 3.45. The number of hydrogen-bond donors (Lipinski definition) is 2. The van der Waals surface area contributed by atoms with E-state index in [1.807, 2.05) is 0 Å². The van der Waals surface area contributed by atoms with Crippen molar-refractivity contribution in [3.05, 3.63) is 29.6 Å². The number of nitrogens with one attached hydrogen (secondary N) is 1. The summed E-state index contributed by atoms with van der Waals surface area (Å²) in [5, 5.41) is 2.14. The van der Waals surface area contributed by atoms with Crippen LogP contribution in [0.25, 0.3) is 0 Å². The molecule has 0 aromatic carbocycles. The van der Waals surface area contributed by atoms with Crippen LogP contribution in [-0.4, -0.2) is 22.6 Å². The number of pyridine rings is 1. The van der Waals surface area contributed by atoms with E-state index in [9.17, 15) is 18.0 Å². The van der Waals surface area contributed by atoms with Gasteiger partial charge in [-0.2, -0.15) is 13.2 Å². The number of aromatic nitrogens is 1. The van der Waals surface area contributed by atoms with Gasteiger partial charge in [0.05, 0.1) is 12.2 Å². The molecule has 0 aliphatic heterocycles. The molecule has 100 valence electrons. The Bertz CT molecular complexity index is 443. The molecule has 0 spiro atoms. The Balaban J connectivity index is 2.71. The number of carbonyl (C=O) groups is 1. The largest absolute Gasteiger partial charge is 0.415 e. The molecule has 4 nitrogen and oxygen atoms in total. The topological polar surface area (TPSA) is 68.0 Å². The predicted molar refractivity (Wildman–Crippen MR) is 59.5 cm³/mol. The zero-order chi connectivity index (χ0) is 14.0. The molecular weight excluding hydrogens is 247 g/mol. The van der Waals surface area contributed by atoms with E-state index in [-0.39, 0.29) is 6.54 Å². The van der Waals surface area contributed by atoms with E-state index in [1.165, 1.54) is 6.20 Å². The minimum atomic E-state index is -4.80. The van der Waals surface area contributed by atoms with Gasteiger partial charge < -0.3 is 11.1 Å². The third-order valence-corrected chi connectivity index (χ3v) is 2.59. The van der Waals surface area contributed by atoms with Gasteiger partial charge >= 0.3 is 6.18 Å². The number of carbonyl (C=O) groups excluding carboxylic acids is 1. The molecule has 0 saturated heterocycles. The van der Waals surface area contributed by atoms with E-state index in [0.29, 0.717) is 12.6 Å². The Labute approximate surface area is 102 Å². The van der Waals surface area contributed by atoms with E-state index in [0.717, 1.165) is 5.56 Å². The van der Waals surface area contributed by atoms with Crippen molar-refractivity contribution in [2.75, 3.05) is 0 Å². The van der Waals surface area contributed by atoms with Gasteiger partial charge in [0.25, 0.3) is 0 Å². The first kappa shape index (κ1) is 14.4. The van der Waals surface area contributed by atoms with E-state index in [2.05, 4.69) is 10.3 Å². The SMILES string of the molecule is Cc1cccnc1CNC(=O)C(C)(N)C(F)(F)F. The standard InChI is InChI=1S/C11H14F3N3O/c1-7-4-3-5-16-8(7)6-17-9(18)10(2,15)11(12,13)14/h3-5H,6,15H2,1-2H3,(H,17,18). The zero-order valence-electron chi connectivity index (χ0n) is 10.0. The number of nitrogens with two attached hydrogens (primary N) is 1. The van der Waals surface area contributed by atoms with Crippen LogP contribution in [0.15, 0.2) is 18.3 Å². The summed E-state index contributed by atoms with van der Waals surface area (Å²) in [5.41, 5.74) is 3.36. The average Bonchev–Trinajstić information content (AvgIpc) is 2.26. The summed E-state index contributed by atoms with van der Waals surface area (Å²) in [7, 11) is 0. The molecule has 7 heteroatoms. The number of aryl methyl sites for hydroxylation is 1. The smallest absolute Gasteiger partial charge is 0.349 e. The van der Waals surface area contributed by atoms with Crippen LogP contribution in [-0.2, 0) is 11.3 Å². The molecule has 0 aliphatic rings. The van der Waals surface area contributed by atoms with Crippen molar-refractivity contribution >= 4 is 5.91 Å². The lowest BCUT2D eigenvalue weighted by atomic mass is 10.0. The number of rotatable bonds is 3. The fourth-order valence-corrected chi connectivity index (χ4v) is 1.18. The Kier molecular flexibility index (Phi) is 3.95. The summed E-state index contributed by atoms with van der Waals surface area (Å²) in [6.07, 6.45) is -3.30. The van der Waals surface area contributed by atoms with Gasteiger partial charge in [-0.1, -0.05) is 6.07 Å². The van der Waals surface area contributed by atoms with Crippen molar-refractivity contribution in [2.24, 2.45) is 5.73 Å². The molecule has 1 amide bonds. The molecule has 1 rings (SSSR count). The van der Waals surface area contributed by atoms with Crippen molar-refractivity contribution in [2.45, 2.75) is 32.1 Å². The Hall–Kier alpha value is -1.63. The molecule has 18 heavy (non-hydrogen) atoms. The molecule has 0 radical (unpaired) electrons. The minimum Gasteiger partial charge on any atom is -0.349 e. The molecule has 1 aromatic heterocycles. The highest BCUT2D eigenvalue weighted by molar-refractivity contribution is 5.86. The summed E-state index contributed by atoms with van der Waals surface area (Å²) in [6.45, 7) is 2.29. The molecule has 0 bridgehead atoms. The lowest BCUT2D eigenvalue weighted by Crippen LogP contribution is -2.61. The summed E-state index contributed by atoms with van der Waals surface area (Å²) in [5.74, 6) is -1.28. The second-order valence-corrected chi connectivity index (χ2v) is 4.15. The first-order valence-electron chi connectivity index (χ1n) is 5.20. The Morgan fingerprint density at radius 3 is 2.61 bits per heavy atom. The number of alkyl halides is 3. The van der Waals surface area contributed by atoms with Crippen LogP contribution in [0.1, 0.15) is 18.2 Å². The third-order valence-electron chi connectivity index (χ3n) is 2.59. The molecule has 3 N–H and O–H groups in total. The lowest BCUT2D eigenvalue weighted by Gasteiger charge is -2.26. The highest BCUT2D eigenvalue weighted by Crippen LogP contribution is 2.27. The fraction of sp³-hybridized carbons (Fsp3) is 0.455. The molecule has 1 heterocycles. The number of nitrogens with zero attached hydrogens (tertiary/aromatic N) is 1. The van der Waals surface area contributed by atoms with Crippen LogP contribution in [0.4, 0.5) is 13.2 Å². The Morgan fingerprint density at radius 1 is 1.50 bits per heavy atom. The highest BCUT2D eigenvalue weighted by atomic mass is 19.4. The van der Waals surface area contributed by atoms with Crippen LogP contribution in [0.3, 0.4) is 0 Å². The zero-order valence-corrected chi connectivity index (χ0v) is 10.0. The van der Waals surface area contributed by atoms with Crippen molar-refractivity contribution < 1.29 is 18.0 Å². The van der Waals surface area contributed by atoms with Crippen LogP contribution < -0.4 is 11.1 Å². The van der Waals surface area contributed by atoms with Crippen LogP contribution in [0.5, 0.6) is 0 Å². The molecule has 1 aromatic rings. The van der Waals surface area contributed by atoms with Crippen LogP contribution in [0, 0.1) is 6.92 Å². The van der Waals surface area contributed by atoms with Gasteiger partial charge in [0, 0.05) is 6.20 Å². The molecule has 1 atom stereocenters. The van der Waals surface area contributed by atoms with Crippen molar-refractivity contribution in [1.29, 1.82) is 0 Å². The second kappa shape index (κ2) is 4.93. The maximum absolute atomic E-state index is 12.5. The number of hydrogen-bond acceptors (Lipinski definition) is 3. The van der Waals surface area contributed by atoms with Crippen molar-refractivity contribution in [3.8, 4) is 0 Å². The molecule has 0 fully saturated rings. The van der Waals surface area contributed by atoms with E-state index in [4.69, 9.17) is 5.73 Å². The number of halogens is 3. The van der Waals surface area contributed by atoms with Crippen LogP contribution >= 0.6 is 0 Å². The van der Waals surface area contributed by atoms with E-state index < -0.39 is 17.6 Å². The van der Waals surface area contributed by atoms with Gasteiger partial charge in [-0.25, -0.2) is 0 Å². The third kappa shape index (κ3) is 2.98. The lowest BCUT2D eigenvalue weighted by molar-refractivity contribution is -0.187. The van der Waals surface area contributed by atoms with Gasteiger partial charge in [0.15, 0.2) is 5.54 Å². The van der Waals surface area contributed by atoms with Gasteiger partial charge in [0.2, 0.25) is 5.91 Å². The monoisotopic (exact) mass is 261 g/mol. The van der Waals surface area contributed by atoms with Crippen LogP contribution in [0.2, 0.25) is 0 Å². The minimum absolute atomic E-state index is 0.0889. The fourth-order valence-electron chi connectivity index (χ4n) is 1.18. The van der Waals surface area contributed by atoms with Gasteiger partial charge in [-0.15, -0.1) is 0 Å². The Morgan fingerprint density at radius 2 is 2.11 bits per heavy atom. The highest BCUT2D eigenvalue weighted by Gasteiger charge is 2.53. The maximum Gasteiger partial charge on any atom is 0.415 e. The molecular formula is C11H14F3N3O. The first-order valence-corrected chi connectivity index (χ1v) is 5.20. The molecule has 1 unspecified atom stereocenters. The summed E-state index contributed by atoms with van der Waals surface area (Å²) in [4.78, 5) is 15.4. The predicted octanol–water partition coefficient (Wildman–Crippen LogP) is 1.29. The van der Waals surface area contributed by atoms with Gasteiger partial charge in [0.1, 0.15) is 0 Å². The van der Waals surface area contributed by atoms with Gasteiger partial charge in [-0.3, -0.25) is 9.78 Å². The van der Waals surface area contributed by atoms with Crippen molar-refractivity contribution in [1.82, 2.24) is 10.3 Å². The molecule has 0 aliphatic carbocycles. The first-order chi connectivity index (χ1) is 8.16. The summed E-state index contributed by atoms with van der Waals surface area (Å²) < 4.78 is 37.5. The van der Waals surface area contributed by atoms with E-state index >= 15 is 0 Å². The normalized spacial score (nSPS) is 15.0. The maximum atomic E-state index is 12.5. The quantitative estimate of drug-likeness (QED) is 0.861. The van der Waals surface area contributed by atoms with E-state index in [1.54, 1.807) is 19.1 Å². The second-order valence-electron chi connectivity index (χ2n) is 4.15. The molecule has 0 saturated carbocycles. The number of amides is 1. The van der Waals surface area contributed by atoms with Crippen molar-refractivity contribution in [3.63, 3.8) is 0 Å². The average molecular weight is 261 g/mol. The van der Waals surface area contributed by atoms with Gasteiger partial charge in [-0.05, 0) is 25.5 Å².